The van der Waals surface area contributed by atoms with Gasteiger partial charge in [0.1, 0.15) is 18.5 Å². The first-order chi connectivity index (χ1) is 8.31. The van der Waals surface area contributed by atoms with Gasteiger partial charge >= 0.3 is 0 Å². The van der Waals surface area contributed by atoms with E-state index >= 15 is 0 Å². The molecule has 4 nitrogen and oxygen atoms in total. The molecule has 2 aliphatic heterocycles. The molecular weight excluding hydrogens is 218 g/mol. The summed E-state index contributed by atoms with van der Waals surface area (Å²) in [5.74, 6) is 0.875. The monoisotopic (exact) mass is 234 g/mol. The Morgan fingerprint density at radius 2 is 1.82 bits per heavy atom. The highest BCUT2D eigenvalue weighted by atomic mass is 16.6. The van der Waals surface area contributed by atoms with Gasteiger partial charge in [0, 0.05) is 19.3 Å². The highest BCUT2D eigenvalue weighted by molar-refractivity contribution is 5.49. The number of rotatable bonds is 6. The van der Waals surface area contributed by atoms with E-state index < -0.39 is 0 Å². The number of epoxide rings is 2. The normalized spacial score (nSPS) is 25.5. The molecule has 1 radical (unpaired) electrons. The summed E-state index contributed by atoms with van der Waals surface area (Å²) in [6.45, 7) is 3.17. The number of hydrogen-bond donors (Lipinski definition) is 0. The summed E-state index contributed by atoms with van der Waals surface area (Å²) >= 11 is 0. The van der Waals surface area contributed by atoms with Gasteiger partial charge < -0.3 is 19.1 Å². The highest BCUT2D eigenvalue weighted by Crippen LogP contribution is 2.22. The van der Waals surface area contributed by atoms with Crippen molar-refractivity contribution in [2.24, 2.45) is 0 Å². The fourth-order valence-corrected chi connectivity index (χ4v) is 1.63. The average Bonchev–Trinajstić information content (AvgIpc) is 3.22. The minimum Gasteiger partial charge on any atom is -0.491 e. The Morgan fingerprint density at radius 1 is 1.18 bits per heavy atom. The van der Waals surface area contributed by atoms with E-state index in [0.717, 1.165) is 31.2 Å². The fourth-order valence-electron chi connectivity index (χ4n) is 1.63. The van der Waals surface area contributed by atoms with E-state index in [2.05, 4.69) is 7.05 Å². The van der Waals surface area contributed by atoms with Crippen molar-refractivity contribution in [3.05, 3.63) is 31.3 Å². The van der Waals surface area contributed by atoms with E-state index in [-0.39, 0.29) is 0 Å². The zero-order valence-electron chi connectivity index (χ0n) is 9.67. The molecule has 2 heterocycles. The Morgan fingerprint density at radius 3 is 2.41 bits per heavy atom. The Labute approximate surface area is 101 Å². The second-order valence-corrected chi connectivity index (χ2v) is 4.44. The lowest BCUT2D eigenvalue weighted by atomic mass is 10.2. The van der Waals surface area contributed by atoms with E-state index in [1.807, 2.05) is 29.2 Å². The van der Waals surface area contributed by atoms with Crippen LogP contribution in [0.3, 0.4) is 0 Å². The van der Waals surface area contributed by atoms with Crippen molar-refractivity contribution in [2.45, 2.75) is 12.2 Å². The molecule has 0 aromatic heterocycles. The molecule has 0 saturated carbocycles. The lowest BCUT2D eigenvalue weighted by Gasteiger charge is -2.17. The molecular formula is C13H16NO3. The summed E-state index contributed by atoms with van der Waals surface area (Å²) in [6.07, 6.45) is 0.654. The SMILES string of the molecule is [CH2]N(CC1CO1)c1ccc(OCC2CO2)cc1. The molecule has 0 bridgehead atoms. The van der Waals surface area contributed by atoms with Crippen LogP contribution in [0.15, 0.2) is 24.3 Å². The van der Waals surface area contributed by atoms with Crippen molar-refractivity contribution in [1.82, 2.24) is 0 Å². The van der Waals surface area contributed by atoms with Crippen molar-refractivity contribution in [3.8, 4) is 5.75 Å². The van der Waals surface area contributed by atoms with Gasteiger partial charge in [-0.2, -0.15) is 0 Å². The maximum Gasteiger partial charge on any atom is 0.119 e. The first-order valence-electron chi connectivity index (χ1n) is 5.85. The van der Waals surface area contributed by atoms with Crippen LogP contribution in [0.1, 0.15) is 0 Å². The molecule has 2 fully saturated rings. The number of nitrogens with zero attached hydrogens (tertiary/aromatic N) is 1. The van der Waals surface area contributed by atoms with Crippen LogP contribution >= 0.6 is 0 Å². The molecule has 91 valence electrons. The fraction of sp³-hybridized carbons (Fsp3) is 0.462. The van der Waals surface area contributed by atoms with Gasteiger partial charge in [0.25, 0.3) is 0 Å². The zero-order valence-corrected chi connectivity index (χ0v) is 9.67. The number of ether oxygens (including phenoxy) is 3. The molecule has 1 aromatic rings. The van der Waals surface area contributed by atoms with Crippen LogP contribution in [0.2, 0.25) is 0 Å². The van der Waals surface area contributed by atoms with Gasteiger partial charge in [0.2, 0.25) is 0 Å². The van der Waals surface area contributed by atoms with Gasteiger partial charge in [0.05, 0.1) is 19.3 Å². The van der Waals surface area contributed by atoms with Crippen molar-refractivity contribution in [2.75, 3.05) is 31.3 Å². The summed E-state index contributed by atoms with van der Waals surface area (Å²) < 4.78 is 15.8. The van der Waals surface area contributed by atoms with Crippen molar-refractivity contribution in [3.63, 3.8) is 0 Å². The molecule has 2 unspecified atom stereocenters. The summed E-state index contributed by atoms with van der Waals surface area (Å²) in [6, 6.07) is 7.95. The largest absolute Gasteiger partial charge is 0.491 e. The third-order valence-electron chi connectivity index (χ3n) is 2.87. The van der Waals surface area contributed by atoms with Crippen molar-refractivity contribution >= 4 is 5.69 Å². The third-order valence-corrected chi connectivity index (χ3v) is 2.87. The quantitative estimate of drug-likeness (QED) is 0.698. The van der Waals surface area contributed by atoms with Crippen LogP contribution in [0.5, 0.6) is 5.75 Å². The molecule has 2 atom stereocenters. The van der Waals surface area contributed by atoms with Gasteiger partial charge in [-0.1, -0.05) is 0 Å². The van der Waals surface area contributed by atoms with Gasteiger partial charge in [-0.3, -0.25) is 0 Å². The lowest BCUT2D eigenvalue weighted by molar-refractivity contribution is 0.263. The molecule has 0 aliphatic carbocycles. The lowest BCUT2D eigenvalue weighted by Crippen LogP contribution is -2.20. The number of anilines is 1. The van der Waals surface area contributed by atoms with Crippen LogP contribution in [-0.2, 0) is 9.47 Å². The standard InChI is InChI=1S/C13H16NO3/c1-14(6-12-7-16-12)10-2-4-11(5-3-10)15-8-13-9-17-13/h2-5,12-13H,1,6-9H2. The first-order valence-corrected chi connectivity index (χ1v) is 5.85. The Balaban J connectivity index is 1.53. The molecule has 2 saturated heterocycles. The first kappa shape index (κ1) is 10.9. The van der Waals surface area contributed by atoms with Crippen molar-refractivity contribution in [1.29, 1.82) is 0 Å². The number of hydrogen-bond acceptors (Lipinski definition) is 4. The third kappa shape index (κ3) is 3.11. The molecule has 3 rings (SSSR count). The van der Waals surface area contributed by atoms with Gasteiger partial charge in [-0.15, -0.1) is 0 Å². The van der Waals surface area contributed by atoms with Crippen LogP contribution in [0, 0.1) is 7.05 Å². The smallest absolute Gasteiger partial charge is 0.119 e. The van der Waals surface area contributed by atoms with Gasteiger partial charge in [0.15, 0.2) is 0 Å². The van der Waals surface area contributed by atoms with Crippen LogP contribution < -0.4 is 9.64 Å². The maximum atomic E-state index is 5.57. The Kier molecular flexibility index (Phi) is 2.91. The number of benzene rings is 1. The van der Waals surface area contributed by atoms with Crippen LogP contribution in [0.4, 0.5) is 5.69 Å². The summed E-state index contributed by atoms with van der Waals surface area (Å²) in [5, 5.41) is 0. The van der Waals surface area contributed by atoms with E-state index in [9.17, 15) is 0 Å². The summed E-state index contributed by atoms with van der Waals surface area (Å²) in [4.78, 5) is 1.95. The Bertz CT molecular complexity index is 371. The van der Waals surface area contributed by atoms with E-state index in [4.69, 9.17) is 14.2 Å². The topological polar surface area (TPSA) is 37.5 Å². The summed E-state index contributed by atoms with van der Waals surface area (Å²) in [5.41, 5.74) is 1.08. The van der Waals surface area contributed by atoms with E-state index in [1.165, 1.54) is 0 Å². The minimum atomic E-state index is 0.297. The van der Waals surface area contributed by atoms with Crippen molar-refractivity contribution < 1.29 is 14.2 Å². The maximum absolute atomic E-state index is 5.57. The molecule has 4 heteroatoms. The zero-order chi connectivity index (χ0) is 11.7. The molecule has 1 aromatic carbocycles. The molecule has 17 heavy (non-hydrogen) atoms. The predicted molar refractivity (Wildman–Crippen MR) is 64.1 cm³/mol. The van der Waals surface area contributed by atoms with Crippen LogP contribution in [0.25, 0.3) is 0 Å². The molecule has 0 spiro atoms. The second-order valence-electron chi connectivity index (χ2n) is 4.44. The van der Waals surface area contributed by atoms with Gasteiger partial charge in [-0.25, -0.2) is 0 Å². The minimum absolute atomic E-state index is 0.297. The predicted octanol–water partition coefficient (Wildman–Crippen LogP) is 1.46. The van der Waals surface area contributed by atoms with E-state index in [0.29, 0.717) is 18.8 Å². The van der Waals surface area contributed by atoms with Crippen LogP contribution in [-0.4, -0.2) is 38.6 Å². The Hall–Kier alpha value is -1.26. The van der Waals surface area contributed by atoms with Gasteiger partial charge in [-0.05, 0) is 24.3 Å². The molecule has 2 aliphatic rings. The molecule has 0 N–H and O–H groups in total. The summed E-state index contributed by atoms with van der Waals surface area (Å²) in [7, 11) is 3.99. The molecule has 0 amide bonds. The van der Waals surface area contributed by atoms with E-state index in [1.54, 1.807) is 0 Å². The highest BCUT2D eigenvalue weighted by Gasteiger charge is 2.24. The average molecular weight is 234 g/mol. The second kappa shape index (κ2) is 4.55.